The van der Waals surface area contributed by atoms with Crippen molar-refractivity contribution in [2.75, 3.05) is 6.61 Å². The second-order valence-corrected chi connectivity index (χ2v) is 10.8. The van der Waals surface area contributed by atoms with E-state index >= 15 is 0 Å². The fourth-order valence-corrected chi connectivity index (χ4v) is 5.16. The Labute approximate surface area is 199 Å². The molecular weight excluding hydrogens is 433 g/mol. The zero-order valence-corrected chi connectivity index (χ0v) is 20.4. The fourth-order valence-electron chi connectivity index (χ4n) is 4.30. The number of aryl methyl sites for hydroxylation is 1. The van der Waals surface area contributed by atoms with Crippen LogP contribution in [0, 0.1) is 5.92 Å². The average molecular weight is 463 g/mol. The Morgan fingerprint density at radius 2 is 1.79 bits per heavy atom. The summed E-state index contributed by atoms with van der Waals surface area (Å²) >= 11 is 1.66. The summed E-state index contributed by atoms with van der Waals surface area (Å²) in [5.74, 6) is 0.744. The maximum Gasteiger partial charge on any atom is 0.494 e. The van der Waals surface area contributed by atoms with Gasteiger partial charge < -0.3 is 19.2 Å². The zero-order valence-electron chi connectivity index (χ0n) is 19.6. The van der Waals surface area contributed by atoms with Gasteiger partial charge in [0.05, 0.1) is 29.6 Å². The van der Waals surface area contributed by atoms with Crippen molar-refractivity contribution in [3.8, 4) is 16.3 Å². The molecule has 7 heteroatoms. The van der Waals surface area contributed by atoms with Crippen LogP contribution in [0.15, 0.2) is 53.9 Å². The number of benzene rings is 2. The number of fused-ring (bicyclic) bond motifs is 1. The first-order valence-electron chi connectivity index (χ1n) is 11.5. The highest BCUT2D eigenvalue weighted by Crippen LogP contribution is 2.39. The highest BCUT2D eigenvalue weighted by Gasteiger charge is 2.52. The molecule has 0 saturated carbocycles. The molecule has 1 aromatic heterocycles. The van der Waals surface area contributed by atoms with Crippen molar-refractivity contribution in [3.63, 3.8) is 0 Å². The molecule has 2 aliphatic heterocycles. The topological polar surface area (TPSA) is 60.8 Å². The van der Waals surface area contributed by atoms with Gasteiger partial charge in [0, 0.05) is 22.4 Å². The van der Waals surface area contributed by atoms with E-state index in [1.165, 1.54) is 0 Å². The van der Waals surface area contributed by atoms with Crippen LogP contribution in [-0.2, 0) is 15.7 Å². The fraction of sp³-hybridized carbons (Fsp3) is 0.423. The molecule has 2 unspecified atom stereocenters. The van der Waals surface area contributed by atoms with Crippen molar-refractivity contribution in [2.45, 2.75) is 57.8 Å². The van der Waals surface area contributed by atoms with Crippen molar-refractivity contribution in [3.05, 3.63) is 65.2 Å². The summed E-state index contributed by atoms with van der Waals surface area (Å²) in [6, 6.07) is 16.1. The summed E-state index contributed by atoms with van der Waals surface area (Å²) in [7, 11) is -0.442. The Hall–Kier alpha value is -2.19. The number of aliphatic hydroxyl groups excluding tert-OH is 1. The summed E-state index contributed by atoms with van der Waals surface area (Å²) in [4.78, 5) is 4.78. The van der Waals surface area contributed by atoms with Crippen molar-refractivity contribution in [2.24, 2.45) is 5.92 Å². The minimum absolute atomic E-state index is 0.0297. The predicted octanol–water partition coefficient (Wildman–Crippen LogP) is 4.78. The molecule has 2 aromatic carbocycles. The molecule has 0 radical (unpaired) electrons. The number of aromatic nitrogens is 1. The van der Waals surface area contributed by atoms with Crippen LogP contribution in [0.3, 0.4) is 0 Å². The third-order valence-electron chi connectivity index (χ3n) is 7.12. The summed E-state index contributed by atoms with van der Waals surface area (Å²) < 4.78 is 18.4. The van der Waals surface area contributed by atoms with Gasteiger partial charge in [0.15, 0.2) is 0 Å². The third kappa shape index (κ3) is 4.35. The molecule has 0 amide bonds. The van der Waals surface area contributed by atoms with Gasteiger partial charge in [-0.2, -0.15) is 0 Å². The molecule has 3 aromatic rings. The van der Waals surface area contributed by atoms with E-state index in [0.29, 0.717) is 12.4 Å². The smallest absolute Gasteiger partial charge is 0.493 e. The molecule has 5 nitrogen and oxygen atoms in total. The Balaban J connectivity index is 1.24. The molecule has 0 spiro atoms. The molecule has 172 valence electrons. The molecule has 3 heterocycles. The SMILES string of the molecule is CC1(C)OB(c2ccc3c(c2)OCC(CCc2csc(-c4ccccc4)n2)C3O)OC1(C)C. The number of hydrogen-bond acceptors (Lipinski definition) is 6. The number of ether oxygens (including phenoxy) is 1. The van der Waals surface area contributed by atoms with Crippen LogP contribution in [-0.4, -0.2) is 35.0 Å². The van der Waals surface area contributed by atoms with Gasteiger partial charge in [-0.05, 0) is 52.1 Å². The second-order valence-electron chi connectivity index (χ2n) is 9.95. The van der Waals surface area contributed by atoms with E-state index in [2.05, 4.69) is 17.5 Å². The number of nitrogens with zero attached hydrogens (tertiary/aromatic N) is 1. The lowest BCUT2D eigenvalue weighted by molar-refractivity contribution is 0.00578. The predicted molar refractivity (Wildman–Crippen MR) is 132 cm³/mol. The lowest BCUT2D eigenvalue weighted by atomic mass is 9.77. The molecule has 1 N–H and O–H groups in total. The van der Waals surface area contributed by atoms with Crippen LogP contribution < -0.4 is 10.2 Å². The molecule has 2 aliphatic rings. The molecule has 5 rings (SSSR count). The standard InChI is InChI=1S/C26H30BNO4S/c1-25(2)26(3,4)32-27(31-25)19-11-13-21-22(14-19)30-15-18(23(21)29)10-12-20-16-33-24(28-20)17-8-6-5-7-9-17/h5-9,11,13-14,16,18,23,29H,10,12,15H2,1-4H3. The zero-order chi connectivity index (χ0) is 23.2. The minimum Gasteiger partial charge on any atom is -0.493 e. The lowest BCUT2D eigenvalue weighted by Gasteiger charge is -2.32. The van der Waals surface area contributed by atoms with Crippen LogP contribution in [0.1, 0.15) is 51.5 Å². The first-order valence-corrected chi connectivity index (χ1v) is 12.4. The summed E-state index contributed by atoms with van der Waals surface area (Å²) in [6.07, 6.45) is 1.07. The van der Waals surface area contributed by atoms with Crippen LogP contribution in [0.2, 0.25) is 0 Å². The molecule has 0 bridgehead atoms. The van der Waals surface area contributed by atoms with Crippen LogP contribution in [0.4, 0.5) is 0 Å². The maximum absolute atomic E-state index is 11.0. The molecule has 2 atom stereocenters. The van der Waals surface area contributed by atoms with Crippen LogP contribution >= 0.6 is 11.3 Å². The molecule has 1 fully saturated rings. The van der Waals surface area contributed by atoms with E-state index in [9.17, 15) is 5.11 Å². The van der Waals surface area contributed by atoms with Gasteiger partial charge in [-0.25, -0.2) is 4.98 Å². The monoisotopic (exact) mass is 463 g/mol. The average Bonchev–Trinajstić information content (AvgIpc) is 3.35. The second kappa shape index (κ2) is 8.55. The normalized spacial score (nSPS) is 23.2. The van der Waals surface area contributed by atoms with E-state index in [-0.39, 0.29) is 5.92 Å². The van der Waals surface area contributed by atoms with Gasteiger partial charge in [0.1, 0.15) is 10.8 Å². The summed E-state index contributed by atoms with van der Waals surface area (Å²) in [5.41, 5.74) is 3.16. The summed E-state index contributed by atoms with van der Waals surface area (Å²) in [6.45, 7) is 8.66. The quantitative estimate of drug-likeness (QED) is 0.552. The number of aliphatic hydroxyl groups is 1. The van der Waals surface area contributed by atoms with Crippen molar-refractivity contribution in [1.29, 1.82) is 0 Å². The number of thiazole rings is 1. The highest BCUT2D eigenvalue weighted by molar-refractivity contribution is 7.13. The van der Waals surface area contributed by atoms with E-state index in [1.54, 1.807) is 11.3 Å². The largest absolute Gasteiger partial charge is 0.494 e. The van der Waals surface area contributed by atoms with Crippen LogP contribution in [0.25, 0.3) is 10.6 Å². The Morgan fingerprint density at radius 3 is 2.52 bits per heavy atom. The summed E-state index contributed by atoms with van der Waals surface area (Å²) in [5, 5.41) is 14.2. The van der Waals surface area contributed by atoms with E-state index < -0.39 is 24.4 Å². The Bertz CT molecular complexity index is 1110. The van der Waals surface area contributed by atoms with Crippen molar-refractivity contribution < 1.29 is 19.2 Å². The van der Waals surface area contributed by atoms with Gasteiger partial charge in [-0.15, -0.1) is 11.3 Å². The Kier molecular flexibility index (Phi) is 5.85. The van der Waals surface area contributed by atoms with Gasteiger partial charge in [-0.3, -0.25) is 0 Å². The molecule has 0 aliphatic carbocycles. The maximum atomic E-state index is 11.0. The lowest BCUT2D eigenvalue weighted by Crippen LogP contribution is -2.41. The van der Waals surface area contributed by atoms with Gasteiger partial charge in [0.25, 0.3) is 0 Å². The molecule has 33 heavy (non-hydrogen) atoms. The van der Waals surface area contributed by atoms with E-state index in [4.69, 9.17) is 19.0 Å². The van der Waals surface area contributed by atoms with Gasteiger partial charge in [0.2, 0.25) is 0 Å². The Morgan fingerprint density at radius 1 is 1.06 bits per heavy atom. The number of hydrogen-bond donors (Lipinski definition) is 1. The van der Waals surface area contributed by atoms with Crippen molar-refractivity contribution >= 4 is 23.9 Å². The van der Waals surface area contributed by atoms with Gasteiger partial charge >= 0.3 is 7.12 Å². The molecule has 1 saturated heterocycles. The van der Waals surface area contributed by atoms with Crippen molar-refractivity contribution in [1.82, 2.24) is 4.98 Å². The highest BCUT2D eigenvalue weighted by atomic mass is 32.1. The first-order chi connectivity index (χ1) is 15.7. The minimum atomic E-state index is -0.562. The van der Waals surface area contributed by atoms with E-state index in [0.717, 1.165) is 40.1 Å². The van der Waals surface area contributed by atoms with Gasteiger partial charge in [-0.1, -0.05) is 42.5 Å². The molecular formula is C26H30BNO4S. The first kappa shape index (κ1) is 22.6. The number of rotatable bonds is 5. The van der Waals surface area contributed by atoms with Crippen LogP contribution in [0.5, 0.6) is 5.75 Å². The third-order valence-corrected chi connectivity index (χ3v) is 8.07. The van der Waals surface area contributed by atoms with E-state index in [1.807, 2.05) is 64.1 Å².